The van der Waals surface area contributed by atoms with Crippen LogP contribution in [0, 0.1) is 0 Å². The molecule has 0 unspecified atom stereocenters. The van der Waals surface area contributed by atoms with Crippen LogP contribution in [0.15, 0.2) is 53.4 Å². The van der Waals surface area contributed by atoms with Gasteiger partial charge in [-0.1, -0.05) is 49.7 Å². The van der Waals surface area contributed by atoms with Crippen molar-refractivity contribution in [3.05, 3.63) is 81.6 Å². The minimum absolute atomic E-state index is 0.303. The molecule has 0 aliphatic carbocycles. The molecule has 0 saturated heterocycles. The SMILES string of the molecule is CC(C)c1ccc(S(=O)(=O)N2CCc3c(c(COCc4ccc(Cl)cc4)nn3C)C2)cc1. The van der Waals surface area contributed by atoms with Crippen molar-refractivity contribution in [2.45, 2.75) is 50.8 Å². The maximum Gasteiger partial charge on any atom is 0.243 e. The fraction of sp³-hybridized carbons (Fsp3) is 0.375. The smallest absolute Gasteiger partial charge is 0.243 e. The van der Waals surface area contributed by atoms with Crippen LogP contribution < -0.4 is 0 Å². The number of ether oxygens (including phenoxy) is 1. The minimum atomic E-state index is -3.58. The van der Waals surface area contributed by atoms with E-state index in [0.717, 1.165) is 28.1 Å². The number of nitrogens with zero attached hydrogens (tertiary/aromatic N) is 3. The quantitative estimate of drug-likeness (QED) is 0.500. The Morgan fingerprint density at radius 2 is 1.75 bits per heavy atom. The van der Waals surface area contributed by atoms with E-state index in [9.17, 15) is 8.42 Å². The normalized spacial score (nSPS) is 14.7. The Hall–Kier alpha value is -2.19. The number of aryl methyl sites for hydroxylation is 1. The molecule has 1 aromatic heterocycles. The number of aromatic nitrogens is 2. The van der Waals surface area contributed by atoms with Gasteiger partial charge in [-0.05, 0) is 41.3 Å². The Balaban J connectivity index is 1.49. The number of fused-ring (bicyclic) bond motifs is 1. The molecule has 8 heteroatoms. The van der Waals surface area contributed by atoms with Crippen LogP contribution >= 0.6 is 11.6 Å². The maximum absolute atomic E-state index is 13.3. The summed E-state index contributed by atoms with van der Waals surface area (Å²) in [4.78, 5) is 0.328. The Morgan fingerprint density at radius 1 is 1.06 bits per heavy atom. The summed E-state index contributed by atoms with van der Waals surface area (Å²) in [5.41, 5.74) is 4.94. The van der Waals surface area contributed by atoms with Gasteiger partial charge >= 0.3 is 0 Å². The van der Waals surface area contributed by atoms with Gasteiger partial charge in [0.05, 0.1) is 23.8 Å². The van der Waals surface area contributed by atoms with Gasteiger partial charge in [-0.15, -0.1) is 0 Å². The van der Waals surface area contributed by atoms with Crippen molar-refractivity contribution in [3.8, 4) is 0 Å². The number of hydrogen-bond donors (Lipinski definition) is 0. The summed E-state index contributed by atoms with van der Waals surface area (Å²) in [6.45, 7) is 5.68. The fourth-order valence-corrected chi connectivity index (χ4v) is 5.52. The van der Waals surface area contributed by atoms with E-state index in [1.165, 1.54) is 0 Å². The van der Waals surface area contributed by atoms with Crippen LogP contribution in [-0.2, 0) is 48.0 Å². The Kier molecular flexibility index (Phi) is 6.72. The molecule has 170 valence electrons. The van der Waals surface area contributed by atoms with Gasteiger partial charge in [0.2, 0.25) is 10.0 Å². The van der Waals surface area contributed by atoms with E-state index in [4.69, 9.17) is 16.3 Å². The number of sulfonamides is 1. The molecular formula is C24H28ClN3O3S. The van der Waals surface area contributed by atoms with Gasteiger partial charge < -0.3 is 4.74 Å². The lowest BCUT2D eigenvalue weighted by Crippen LogP contribution is -2.36. The average molecular weight is 474 g/mol. The Morgan fingerprint density at radius 3 is 2.41 bits per heavy atom. The Labute approximate surface area is 194 Å². The molecule has 32 heavy (non-hydrogen) atoms. The first-order valence-electron chi connectivity index (χ1n) is 10.7. The van der Waals surface area contributed by atoms with Gasteiger partial charge in [-0.3, -0.25) is 4.68 Å². The largest absolute Gasteiger partial charge is 0.370 e. The van der Waals surface area contributed by atoms with Crippen LogP contribution in [-0.4, -0.2) is 29.0 Å². The summed E-state index contributed by atoms with van der Waals surface area (Å²) < 4.78 is 35.8. The van der Waals surface area contributed by atoms with Gasteiger partial charge in [-0.25, -0.2) is 8.42 Å². The molecule has 0 bridgehead atoms. The van der Waals surface area contributed by atoms with E-state index in [0.29, 0.717) is 48.6 Å². The highest BCUT2D eigenvalue weighted by Crippen LogP contribution is 2.28. The predicted octanol–water partition coefficient (Wildman–Crippen LogP) is 4.66. The first-order valence-corrected chi connectivity index (χ1v) is 12.5. The second-order valence-corrected chi connectivity index (χ2v) is 10.8. The second kappa shape index (κ2) is 9.35. The molecule has 4 rings (SSSR count). The van der Waals surface area contributed by atoms with E-state index >= 15 is 0 Å². The molecule has 1 aliphatic rings. The molecular weight excluding hydrogens is 446 g/mol. The van der Waals surface area contributed by atoms with Gasteiger partial charge in [-0.2, -0.15) is 9.40 Å². The van der Waals surface area contributed by atoms with E-state index in [1.807, 2.05) is 48.1 Å². The molecule has 3 aromatic rings. The van der Waals surface area contributed by atoms with Crippen molar-refractivity contribution in [2.75, 3.05) is 6.54 Å². The lowest BCUT2D eigenvalue weighted by Gasteiger charge is -2.27. The van der Waals surface area contributed by atoms with Crippen molar-refractivity contribution in [2.24, 2.45) is 7.05 Å². The molecule has 0 atom stereocenters. The van der Waals surface area contributed by atoms with Crippen LogP contribution in [0.25, 0.3) is 0 Å². The van der Waals surface area contributed by atoms with Crippen LogP contribution in [0.5, 0.6) is 0 Å². The molecule has 0 fully saturated rings. The average Bonchev–Trinajstić information content (AvgIpc) is 3.10. The van der Waals surface area contributed by atoms with Crippen molar-refractivity contribution < 1.29 is 13.2 Å². The number of rotatable bonds is 7. The lowest BCUT2D eigenvalue weighted by molar-refractivity contribution is 0.103. The van der Waals surface area contributed by atoms with Crippen LogP contribution in [0.1, 0.15) is 47.8 Å². The molecule has 0 N–H and O–H groups in total. The number of benzene rings is 2. The first kappa shape index (κ1) is 23.0. The number of hydrogen-bond acceptors (Lipinski definition) is 4. The van der Waals surface area contributed by atoms with Gasteiger partial charge in [0.25, 0.3) is 0 Å². The minimum Gasteiger partial charge on any atom is -0.370 e. The second-order valence-electron chi connectivity index (χ2n) is 8.43. The predicted molar refractivity (Wildman–Crippen MR) is 125 cm³/mol. The van der Waals surface area contributed by atoms with Crippen LogP contribution in [0.2, 0.25) is 5.02 Å². The summed E-state index contributed by atoms with van der Waals surface area (Å²) in [5.74, 6) is 0.357. The molecule has 2 heterocycles. The molecule has 0 saturated carbocycles. The highest BCUT2D eigenvalue weighted by atomic mass is 35.5. The van der Waals surface area contributed by atoms with Crippen molar-refractivity contribution in [1.29, 1.82) is 0 Å². The van der Waals surface area contributed by atoms with Crippen molar-refractivity contribution >= 4 is 21.6 Å². The summed E-state index contributed by atoms with van der Waals surface area (Å²) in [6, 6.07) is 14.7. The van der Waals surface area contributed by atoms with E-state index in [-0.39, 0.29) is 0 Å². The third-order valence-electron chi connectivity index (χ3n) is 5.90. The number of halogens is 1. The van der Waals surface area contributed by atoms with Crippen molar-refractivity contribution in [1.82, 2.24) is 14.1 Å². The zero-order chi connectivity index (χ0) is 22.9. The third-order valence-corrected chi connectivity index (χ3v) is 8.01. The van der Waals surface area contributed by atoms with E-state index < -0.39 is 10.0 Å². The van der Waals surface area contributed by atoms with Gasteiger partial charge in [0.15, 0.2) is 0 Å². The summed E-state index contributed by atoms with van der Waals surface area (Å²) in [5, 5.41) is 5.29. The first-order chi connectivity index (χ1) is 15.3. The summed E-state index contributed by atoms with van der Waals surface area (Å²) in [6.07, 6.45) is 0.624. The zero-order valence-corrected chi connectivity index (χ0v) is 20.2. The highest BCUT2D eigenvalue weighted by Gasteiger charge is 2.32. The van der Waals surface area contributed by atoms with Crippen LogP contribution in [0.3, 0.4) is 0 Å². The van der Waals surface area contributed by atoms with Gasteiger partial charge in [0.1, 0.15) is 0 Å². The molecule has 6 nitrogen and oxygen atoms in total. The lowest BCUT2D eigenvalue weighted by atomic mass is 10.0. The standard InChI is InChI=1S/C24H28ClN3O3S/c1-17(2)19-6-10-21(11-7-19)32(29,30)28-13-12-24-22(14-28)23(26-27(24)3)16-31-15-18-4-8-20(25)9-5-18/h4-11,17H,12-16H2,1-3H3. The molecule has 0 spiro atoms. The van der Waals surface area contributed by atoms with Gasteiger partial charge in [0, 0.05) is 42.8 Å². The maximum atomic E-state index is 13.3. The molecule has 0 amide bonds. The Bertz CT molecular complexity index is 1190. The molecule has 1 aliphatic heterocycles. The highest BCUT2D eigenvalue weighted by molar-refractivity contribution is 7.89. The fourth-order valence-electron chi connectivity index (χ4n) is 3.99. The molecule has 2 aromatic carbocycles. The van der Waals surface area contributed by atoms with Crippen molar-refractivity contribution in [3.63, 3.8) is 0 Å². The zero-order valence-electron chi connectivity index (χ0n) is 18.6. The molecule has 0 radical (unpaired) electrons. The van der Waals surface area contributed by atoms with E-state index in [2.05, 4.69) is 18.9 Å². The topological polar surface area (TPSA) is 64.4 Å². The summed E-state index contributed by atoms with van der Waals surface area (Å²) in [7, 11) is -1.68. The third kappa shape index (κ3) is 4.76. The monoisotopic (exact) mass is 473 g/mol. The summed E-state index contributed by atoms with van der Waals surface area (Å²) >= 11 is 5.93. The van der Waals surface area contributed by atoms with Crippen LogP contribution in [0.4, 0.5) is 0 Å². The van der Waals surface area contributed by atoms with E-state index in [1.54, 1.807) is 16.4 Å².